The largest absolute Gasteiger partial charge is 0.0814 e. The molecule has 0 atom stereocenters. The highest BCUT2D eigenvalue weighted by molar-refractivity contribution is 5.51. The molecule has 0 saturated carbocycles. The molecule has 2 aromatic rings. The van der Waals surface area contributed by atoms with Crippen molar-refractivity contribution in [2.45, 2.75) is 82.1 Å². The van der Waals surface area contributed by atoms with Crippen molar-refractivity contribution in [2.75, 3.05) is 0 Å². The van der Waals surface area contributed by atoms with Crippen molar-refractivity contribution >= 4 is 12.2 Å². The Kier molecular flexibility index (Phi) is 15.8. The van der Waals surface area contributed by atoms with Gasteiger partial charge in [-0.05, 0) is 45.9 Å². The van der Waals surface area contributed by atoms with E-state index >= 15 is 0 Å². The minimum absolute atomic E-state index is 0. The molecule has 0 radical (unpaired) electrons. The summed E-state index contributed by atoms with van der Waals surface area (Å²) in [4.78, 5) is 0. The molecule has 0 heteroatoms. The molecular weight excluding hydrogens is 360 g/mol. The van der Waals surface area contributed by atoms with E-state index in [4.69, 9.17) is 0 Å². The summed E-state index contributed by atoms with van der Waals surface area (Å²) in [5.74, 6) is 2.48. The van der Waals surface area contributed by atoms with Crippen molar-refractivity contribution in [1.29, 1.82) is 0 Å². The summed E-state index contributed by atoms with van der Waals surface area (Å²) in [7, 11) is 0. The van der Waals surface area contributed by atoms with Gasteiger partial charge in [0, 0.05) is 0 Å². The van der Waals surface area contributed by atoms with Crippen molar-refractivity contribution in [1.82, 2.24) is 0 Å². The fourth-order valence-electron chi connectivity index (χ4n) is 2.62. The van der Waals surface area contributed by atoms with Crippen molar-refractivity contribution in [3.8, 4) is 0 Å². The molecule has 0 saturated heterocycles. The molecule has 0 aliphatic rings. The summed E-state index contributed by atoms with van der Waals surface area (Å²) in [6, 6.07) is 17.6. The van der Waals surface area contributed by atoms with Gasteiger partial charge in [0.1, 0.15) is 0 Å². The third-order valence-electron chi connectivity index (χ3n) is 4.53. The van der Waals surface area contributed by atoms with Crippen LogP contribution in [0.4, 0.5) is 0 Å². The standard InChI is InChI=1S/2C14H20.2CH4/c1-11(2)5-6-13-7-9-14(10-8-13)12(3)4;1-11(2)8-9-13-6-5-7-14(10-13)12(3)4;;/h2*5-12H,1-4H3;2*1H4/b6-5+;9-8+;;. The highest BCUT2D eigenvalue weighted by Crippen LogP contribution is 2.17. The smallest absolute Gasteiger partial charge is 0.0219 e. The van der Waals surface area contributed by atoms with Gasteiger partial charge < -0.3 is 0 Å². The van der Waals surface area contributed by atoms with Gasteiger partial charge in [0.2, 0.25) is 0 Å². The molecule has 0 amide bonds. The zero-order valence-electron chi connectivity index (χ0n) is 19.2. The lowest BCUT2D eigenvalue weighted by molar-refractivity contribution is 0.836. The molecule has 0 bridgehead atoms. The lowest BCUT2D eigenvalue weighted by Crippen LogP contribution is -1.87. The highest BCUT2D eigenvalue weighted by atomic mass is 14.0. The van der Waals surface area contributed by atoms with Gasteiger partial charge in [-0.15, -0.1) is 0 Å². The van der Waals surface area contributed by atoms with Gasteiger partial charge in [-0.3, -0.25) is 0 Å². The van der Waals surface area contributed by atoms with Gasteiger partial charge >= 0.3 is 0 Å². The lowest BCUT2D eigenvalue weighted by Gasteiger charge is -2.05. The third kappa shape index (κ3) is 12.5. The molecule has 2 rings (SSSR count). The normalized spacial score (nSPS) is 11.1. The summed E-state index contributed by atoms with van der Waals surface area (Å²) >= 11 is 0. The Morgan fingerprint density at radius 2 is 1.00 bits per heavy atom. The molecule has 0 nitrogen and oxygen atoms in total. The van der Waals surface area contributed by atoms with Crippen LogP contribution in [0.15, 0.2) is 60.7 Å². The van der Waals surface area contributed by atoms with Crippen LogP contribution in [-0.2, 0) is 0 Å². The van der Waals surface area contributed by atoms with Gasteiger partial charge in [-0.1, -0.05) is 143 Å². The second-order valence-electron chi connectivity index (χ2n) is 8.85. The third-order valence-corrected chi connectivity index (χ3v) is 4.53. The van der Waals surface area contributed by atoms with E-state index in [1.807, 2.05) is 0 Å². The Hall–Kier alpha value is -2.08. The van der Waals surface area contributed by atoms with Crippen LogP contribution >= 0.6 is 0 Å². The quantitative estimate of drug-likeness (QED) is 0.446. The van der Waals surface area contributed by atoms with E-state index in [9.17, 15) is 0 Å². The van der Waals surface area contributed by atoms with Crippen LogP contribution < -0.4 is 0 Å². The predicted molar refractivity (Wildman–Crippen MR) is 142 cm³/mol. The summed E-state index contributed by atoms with van der Waals surface area (Å²) in [5, 5.41) is 0. The molecule has 30 heavy (non-hydrogen) atoms. The zero-order chi connectivity index (χ0) is 21.1. The minimum Gasteiger partial charge on any atom is -0.0814 e. The number of benzene rings is 2. The van der Waals surface area contributed by atoms with E-state index in [1.165, 1.54) is 22.3 Å². The van der Waals surface area contributed by atoms with Crippen molar-refractivity contribution < 1.29 is 0 Å². The Bertz CT molecular complexity index is 725. The number of allylic oxidation sites excluding steroid dienone is 2. The van der Waals surface area contributed by atoms with Gasteiger partial charge in [0.15, 0.2) is 0 Å². The van der Waals surface area contributed by atoms with Gasteiger partial charge in [-0.25, -0.2) is 0 Å². The van der Waals surface area contributed by atoms with Crippen molar-refractivity contribution in [2.24, 2.45) is 11.8 Å². The summed E-state index contributed by atoms with van der Waals surface area (Å²) in [5.41, 5.74) is 5.43. The molecule has 168 valence electrons. The van der Waals surface area contributed by atoms with Crippen LogP contribution in [0.25, 0.3) is 12.2 Å². The number of rotatable bonds is 6. The van der Waals surface area contributed by atoms with Gasteiger partial charge in [0.25, 0.3) is 0 Å². The van der Waals surface area contributed by atoms with Crippen molar-refractivity contribution in [3.63, 3.8) is 0 Å². The minimum atomic E-state index is 0. The number of hydrogen-bond acceptors (Lipinski definition) is 0. The Labute approximate surface area is 189 Å². The van der Waals surface area contributed by atoms with Crippen LogP contribution in [0, 0.1) is 11.8 Å². The van der Waals surface area contributed by atoms with Crippen molar-refractivity contribution in [3.05, 3.63) is 82.9 Å². The van der Waals surface area contributed by atoms with E-state index in [0.717, 1.165) is 0 Å². The molecule has 0 heterocycles. The predicted octanol–water partition coefficient (Wildman–Crippen LogP) is 10.2. The maximum absolute atomic E-state index is 2.27. The van der Waals surface area contributed by atoms with Crippen LogP contribution in [0.3, 0.4) is 0 Å². The van der Waals surface area contributed by atoms with E-state index in [1.54, 1.807) is 0 Å². The molecule has 0 spiro atoms. The molecule has 0 aliphatic carbocycles. The summed E-state index contributed by atoms with van der Waals surface area (Å²) < 4.78 is 0. The lowest BCUT2D eigenvalue weighted by atomic mass is 10.0. The molecular formula is C30H48. The maximum atomic E-state index is 2.27. The SMILES string of the molecule is C.C.CC(C)/C=C/c1ccc(C(C)C)cc1.CC(C)/C=C/c1cccc(C(C)C)c1. The summed E-state index contributed by atoms with van der Waals surface area (Å²) in [6.45, 7) is 17.7. The first-order valence-corrected chi connectivity index (χ1v) is 10.7. The molecule has 0 N–H and O–H groups in total. The molecule has 2 aromatic carbocycles. The average Bonchev–Trinajstić information content (AvgIpc) is 2.65. The Balaban J connectivity index is 0. The monoisotopic (exact) mass is 408 g/mol. The maximum Gasteiger partial charge on any atom is -0.0219 e. The molecule has 0 unspecified atom stereocenters. The first-order chi connectivity index (χ1) is 13.2. The molecule has 0 aliphatic heterocycles. The van der Waals surface area contributed by atoms with Crippen LogP contribution in [-0.4, -0.2) is 0 Å². The molecule has 0 aromatic heterocycles. The zero-order valence-corrected chi connectivity index (χ0v) is 19.2. The second kappa shape index (κ2) is 15.7. The molecule has 0 fully saturated rings. The van der Waals surface area contributed by atoms with Gasteiger partial charge in [0.05, 0.1) is 0 Å². The highest BCUT2D eigenvalue weighted by Gasteiger charge is 1.98. The topological polar surface area (TPSA) is 0 Å². The summed E-state index contributed by atoms with van der Waals surface area (Å²) in [6.07, 6.45) is 8.86. The van der Waals surface area contributed by atoms with Gasteiger partial charge in [-0.2, -0.15) is 0 Å². The van der Waals surface area contributed by atoms with E-state index in [-0.39, 0.29) is 14.9 Å². The van der Waals surface area contributed by atoms with Crippen LogP contribution in [0.5, 0.6) is 0 Å². The van der Waals surface area contributed by atoms with E-state index in [2.05, 4.69) is 128 Å². The fraction of sp³-hybridized carbons (Fsp3) is 0.467. The van der Waals surface area contributed by atoms with E-state index in [0.29, 0.717) is 23.7 Å². The van der Waals surface area contributed by atoms with Crippen LogP contribution in [0.1, 0.15) is 104 Å². The Morgan fingerprint density at radius 1 is 0.533 bits per heavy atom. The first kappa shape index (κ1) is 30.1. The number of hydrogen-bond donors (Lipinski definition) is 0. The Morgan fingerprint density at radius 3 is 1.43 bits per heavy atom. The van der Waals surface area contributed by atoms with Crippen LogP contribution in [0.2, 0.25) is 0 Å². The van der Waals surface area contributed by atoms with E-state index < -0.39 is 0 Å². The average molecular weight is 409 g/mol. The fourth-order valence-corrected chi connectivity index (χ4v) is 2.62. The first-order valence-electron chi connectivity index (χ1n) is 10.7. The second-order valence-corrected chi connectivity index (χ2v) is 8.85.